The summed E-state index contributed by atoms with van der Waals surface area (Å²) in [6.45, 7) is 1.85. The van der Waals surface area contributed by atoms with Gasteiger partial charge in [-0.25, -0.2) is 15.0 Å². The van der Waals surface area contributed by atoms with Crippen molar-refractivity contribution in [1.82, 2.24) is 19.9 Å². The number of halogens is 2. The lowest BCUT2D eigenvalue weighted by atomic mass is 10.2. The molecule has 0 saturated carbocycles. The fourth-order valence-electron chi connectivity index (χ4n) is 1.82. The van der Waals surface area contributed by atoms with Crippen molar-refractivity contribution in [3.8, 4) is 22.1 Å². The molecule has 0 radical (unpaired) electrons. The molecule has 5 nitrogen and oxygen atoms in total. The fraction of sp³-hybridized carbons (Fsp3) is 0.0769. The third-order valence-corrected chi connectivity index (χ3v) is 4.60. The summed E-state index contributed by atoms with van der Waals surface area (Å²) in [6.07, 6.45) is 3.23. The molecule has 0 saturated heterocycles. The van der Waals surface area contributed by atoms with Gasteiger partial charge in [0.1, 0.15) is 27.2 Å². The first-order chi connectivity index (χ1) is 10.1. The number of rotatable bonds is 2. The first-order valence-corrected chi connectivity index (χ1v) is 7.96. The standard InChI is InChI=1S/C13H9BrClN5S/c1-6-11(20-9(15)5-18-6)12-10(14)7(16)4-8(19-12)13-17-2-3-21-13/h2-5H,1H3,(H2,16,19). The van der Waals surface area contributed by atoms with E-state index in [-0.39, 0.29) is 0 Å². The van der Waals surface area contributed by atoms with E-state index >= 15 is 0 Å². The molecule has 3 heterocycles. The van der Waals surface area contributed by atoms with Crippen molar-refractivity contribution >= 4 is 44.6 Å². The first-order valence-electron chi connectivity index (χ1n) is 5.91. The molecule has 3 aromatic rings. The van der Waals surface area contributed by atoms with Crippen molar-refractivity contribution in [2.24, 2.45) is 0 Å². The Morgan fingerprint density at radius 1 is 1.24 bits per heavy atom. The summed E-state index contributed by atoms with van der Waals surface area (Å²) in [5, 5.41) is 2.99. The molecule has 0 aromatic carbocycles. The van der Waals surface area contributed by atoms with Crippen molar-refractivity contribution < 1.29 is 0 Å². The van der Waals surface area contributed by atoms with E-state index in [0.29, 0.717) is 32.4 Å². The molecule has 0 spiro atoms. The normalized spacial score (nSPS) is 10.8. The minimum atomic E-state index is 0.308. The Morgan fingerprint density at radius 2 is 2.05 bits per heavy atom. The third-order valence-electron chi connectivity index (χ3n) is 2.79. The van der Waals surface area contributed by atoms with Crippen LogP contribution < -0.4 is 5.73 Å². The zero-order valence-electron chi connectivity index (χ0n) is 10.8. The zero-order chi connectivity index (χ0) is 15.0. The lowest BCUT2D eigenvalue weighted by Crippen LogP contribution is -2.00. The second-order valence-electron chi connectivity index (χ2n) is 4.22. The van der Waals surface area contributed by atoms with Crippen LogP contribution in [0.25, 0.3) is 22.1 Å². The average molecular weight is 383 g/mol. The summed E-state index contributed by atoms with van der Waals surface area (Å²) in [6, 6.07) is 1.78. The van der Waals surface area contributed by atoms with E-state index in [1.165, 1.54) is 17.5 Å². The number of pyridine rings is 1. The molecule has 0 fully saturated rings. The number of anilines is 1. The van der Waals surface area contributed by atoms with E-state index in [4.69, 9.17) is 17.3 Å². The van der Waals surface area contributed by atoms with Gasteiger partial charge < -0.3 is 5.73 Å². The Hall–Kier alpha value is -1.57. The number of nitrogen functional groups attached to an aromatic ring is 1. The minimum Gasteiger partial charge on any atom is -0.398 e. The molecule has 2 N–H and O–H groups in total. The molecule has 106 valence electrons. The summed E-state index contributed by atoms with van der Waals surface area (Å²) in [5.74, 6) is 0. The van der Waals surface area contributed by atoms with E-state index in [1.807, 2.05) is 12.3 Å². The fourth-order valence-corrected chi connectivity index (χ4v) is 2.94. The number of thiazole rings is 1. The molecule has 0 aliphatic carbocycles. The van der Waals surface area contributed by atoms with Crippen molar-refractivity contribution in [2.45, 2.75) is 6.92 Å². The molecule has 21 heavy (non-hydrogen) atoms. The van der Waals surface area contributed by atoms with Crippen LogP contribution in [-0.2, 0) is 0 Å². The molecule has 8 heteroatoms. The third kappa shape index (κ3) is 2.76. The predicted molar refractivity (Wildman–Crippen MR) is 88.2 cm³/mol. The van der Waals surface area contributed by atoms with Gasteiger partial charge in [-0.1, -0.05) is 11.6 Å². The topological polar surface area (TPSA) is 77.6 Å². The SMILES string of the molecule is Cc1ncc(Cl)nc1-c1nc(-c2nccs2)cc(N)c1Br. The van der Waals surface area contributed by atoms with Gasteiger partial charge in [-0.05, 0) is 28.9 Å². The van der Waals surface area contributed by atoms with Gasteiger partial charge in [0, 0.05) is 11.6 Å². The first kappa shape index (κ1) is 14.4. The highest BCUT2D eigenvalue weighted by Gasteiger charge is 2.16. The maximum atomic E-state index is 6.06. The van der Waals surface area contributed by atoms with Gasteiger partial charge >= 0.3 is 0 Å². The lowest BCUT2D eigenvalue weighted by molar-refractivity contribution is 1.10. The van der Waals surface area contributed by atoms with Crippen LogP contribution in [0.15, 0.2) is 28.3 Å². The number of nitrogens with zero attached hydrogens (tertiary/aromatic N) is 4. The summed E-state index contributed by atoms with van der Waals surface area (Å²) in [5.41, 5.74) is 9.25. The van der Waals surface area contributed by atoms with Gasteiger partial charge in [0.25, 0.3) is 0 Å². The maximum absolute atomic E-state index is 6.06. The molecule has 0 atom stereocenters. The molecule has 0 bridgehead atoms. The number of aryl methyl sites for hydroxylation is 1. The van der Waals surface area contributed by atoms with Crippen LogP contribution in [0, 0.1) is 6.92 Å². The Kier molecular flexibility index (Phi) is 3.88. The summed E-state index contributed by atoms with van der Waals surface area (Å²) in [7, 11) is 0. The monoisotopic (exact) mass is 381 g/mol. The van der Waals surface area contributed by atoms with Crippen LogP contribution >= 0.6 is 38.9 Å². The summed E-state index contributed by atoms with van der Waals surface area (Å²) < 4.78 is 0.669. The van der Waals surface area contributed by atoms with E-state index in [0.717, 1.165) is 10.7 Å². The van der Waals surface area contributed by atoms with Crippen LogP contribution in [0.4, 0.5) is 5.69 Å². The number of hydrogen-bond acceptors (Lipinski definition) is 6. The Bertz CT molecular complexity index is 807. The van der Waals surface area contributed by atoms with Gasteiger partial charge in [-0.2, -0.15) is 0 Å². The average Bonchev–Trinajstić information content (AvgIpc) is 2.99. The molecule has 0 aliphatic rings. The smallest absolute Gasteiger partial charge is 0.148 e. The highest BCUT2D eigenvalue weighted by atomic mass is 79.9. The molecule has 0 amide bonds. The number of hydrogen-bond donors (Lipinski definition) is 1. The highest BCUT2D eigenvalue weighted by Crippen LogP contribution is 2.35. The Labute approximate surface area is 138 Å². The van der Waals surface area contributed by atoms with Crippen LogP contribution in [0.3, 0.4) is 0 Å². The van der Waals surface area contributed by atoms with Gasteiger partial charge in [0.15, 0.2) is 0 Å². The number of aromatic nitrogens is 4. The van der Waals surface area contributed by atoms with E-state index in [1.54, 1.807) is 12.3 Å². The van der Waals surface area contributed by atoms with Crippen molar-refractivity contribution in [3.63, 3.8) is 0 Å². The van der Waals surface area contributed by atoms with Gasteiger partial charge in [0.05, 0.1) is 22.1 Å². The summed E-state index contributed by atoms with van der Waals surface area (Å²) in [4.78, 5) is 17.4. The van der Waals surface area contributed by atoms with E-state index in [2.05, 4.69) is 35.9 Å². The largest absolute Gasteiger partial charge is 0.398 e. The Balaban J connectivity index is 2.25. The molecular formula is C13H9BrClN5S. The van der Waals surface area contributed by atoms with Crippen LogP contribution in [0.2, 0.25) is 5.15 Å². The number of nitrogens with two attached hydrogens (primary N) is 1. The molecule has 3 aromatic heterocycles. The zero-order valence-corrected chi connectivity index (χ0v) is 14.0. The van der Waals surface area contributed by atoms with Crippen LogP contribution in [0.1, 0.15) is 5.69 Å². The van der Waals surface area contributed by atoms with E-state index in [9.17, 15) is 0 Å². The van der Waals surface area contributed by atoms with Gasteiger partial charge in [-0.15, -0.1) is 11.3 Å². The van der Waals surface area contributed by atoms with Gasteiger partial charge in [0.2, 0.25) is 0 Å². The Morgan fingerprint density at radius 3 is 2.76 bits per heavy atom. The van der Waals surface area contributed by atoms with Crippen LogP contribution in [-0.4, -0.2) is 19.9 Å². The van der Waals surface area contributed by atoms with Crippen molar-refractivity contribution in [2.75, 3.05) is 5.73 Å². The quantitative estimate of drug-likeness (QED) is 0.725. The maximum Gasteiger partial charge on any atom is 0.148 e. The summed E-state index contributed by atoms with van der Waals surface area (Å²) >= 11 is 10.9. The molecule has 0 aliphatic heterocycles. The molecule has 3 rings (SSSR count). The van der Waals surface area contributed by atoms with Crippen molar-refractivity contribution in [3.05, 3.63) is 39.2 Å². The lowest BCUT2D eigenvalue weighted by Gasteiger charge is -2.10. The van der Waals surface area contributed by atoms with Gasteiger partial charge in [-0.3, -0.25) is 4.98 Å². The second-order valence-corrected chi connectivity index (χ2v) is 6.30. The second kappa shape index (κ2) is 5.67. The van der Waals surface area contributed by atoms with Crippen LogP contribution in [0.5, 0.6) is 0 Å². The highest BCUT2D eigenvalue weighted by molar-refractivity contribution is 9.10. The minimum absolute atomic E-state index is 0.308. The van der Waals surface area contributed by atoms with E-state index < -0.39 is 0 Å². The predicted octanol–water partition coefficient (Wildman–Crippen LogP) is 3.97. The van der Waals surface area contributed by atoms with Crippen molar-refractivity contribution in [1.29, 1.82) is 0 Å². The molecular weight excluding hydrogens is 374 g/mol. The molecule has 0 unspecified atom stereocenters.